The number of fused-ring (bicyclic) bond motifs is 1. The van der Waals surface area contributed by atoms with Crippen molar-refractivity contribution in [3.05, 3.63) is 6.33 Å². The zero-order chi connectivity index (χ0) is 12.8. The van der Waals surface area contributed by atoms with Crippen molar-refractivity contribution in [1.82, 2.24) is 19.5 Å². The zero-order valence-corrected chi connectivity index (χ0v) is 10.7. The van der Waals surface area contributed by atoms with Gasteiger partial charge in [-0.2, -0.15) is 4.98 Å². The summed E-state index contributed by atoms with van der Waals surface area (Å²) in [5.74, 6) is 0.987. The predicted octanol–water partition coefficient (Wildman–Crippen LogP) is 1.71. The third-order valence-corrected chi connectivity index (χ3v) is 4.05. The van der Waals surface area contributed by atoms with Crippen LogP contribution in [-0.4, -0.2) is 26.6 Å². The predicted molar refractivity (Wildman–Crippen MR) is 68.4 cm³/mol. The Labute approximate surface area is 105 Å². The van der Waals surface area contributed by atoms with Crippen molar-refractivity contribution in [1.29, 1.82) is 0 Å². The molecule has 2 heterocycles. The van der Waals surface area contributed by atoms with Gasteiger partial charge in [0, 0.05) is 5.54 Å². The number of nitrogen functional groups attached to an aromatic ring is 1. The molecule has 96 valence electrons. The SMILES string of the molecule is CCC1(n2c(N)nc3c(OC)ncnc32)CCC1. The summed E-state index contributed by atoms with van der Waals surface area (Å²) < 4.78 is 7.28. The van der Waals surface area contributed by atoms with Crippen molar-refractivity contribution in [3.63, 3.8) is 0 Å². The molecule has 2 N–H and O–H groups in total. The first kappa shape index (κ1) is 11.3. The minimum Gasteiger partial charge on any atom is -0.479 e. The van der Waals surface area contributed by atoms with Crippen LogP contribution in [0.3, 0.4) is 0 Å². The van der Waals surface area contributed by atoms with Crippen molar-refractivity contribution in [2.75, 3.05) is 12.8 Å². The van der Waals surface area contributed by atoms with Crippen LogP contribution in [0.2, 0.25) is 0 Å². The lowest BCUT2D eigenvalue weighted by Gasteiger charge is -2.43. The van der Waals surface area contributed by atoms with Gasteiger partial charge in [-0.3, -0.25) is 4.57 Å². The second-order valence-electron chi connectivity index (χ2n) is 4.79. The highest BCUT2D eigenvalue weighted by Gasteiger charge is 2.40. The molecule has 18 heavy (non-hydrogen) atoms. The van der Waals surface area contributed by atoms with Gasteiger partial charge in [0.1, 0.15) is 6.33 Å². The minimum atomic E-state index is 0.0815. The van der Waals surface area contributed by atoms with Crippen LogP contribution in [0.25, 0.3) is 11.2 Å². The monoisotopic (exact) mass is 247 g/mol. The molecule has 6 heteroatoms. The maximum absolute atomic E-state index is 6.08. The van der Waals surface area contributed by atoms with Gasteiger partial charge < -0.3 is 10.5 Å². The first-order valence-electron chi connectivity index (χ1n) is 6.25. The van der Waals surface area contributed by atoms with E-state index < -0.39 is 0 Å². The van der Waals surface area contributed by atoms with Crippen molar-refractivity contribution in [2.24, 2.45) is 0 Å². The minimum absolute atomic E-state index is 0.0815. The Kier molecular flexibility index (Phi) is 2.39. The average molecular weight is 247 g/mol. The molecule has 0 amide bonds. The van der Waals surface area contributed by atoms with Gasteiger partial charge in [0.25, 0.3) is 0 Å². The summed E-state index contributed by atoms with van der Waals surface area (Å²) in [4.78, 5) is 12.8. The van der Waals surface area contributed by atoms with Crippen LogP contribution in [0.1, 0.15) is 32.6 Å². The van der Waals surface area contributed by atoms with Crippen LogP contribution in [0.15, 0.2) is 6.33 Å². The van der Waals surface area contributed by atoms with E-state index in [0.29, 0.717) is 17.3 Å². The number of nitrogens with two attached hydrogens (primary N) is 1. The Morgan fingerprint density at radius 2 is 2.22 bits per heavy atom. The number of imidazole rings is 1. The van der Waals surface area contributed by atoms with Crippen LogP contribution < -0.4 is 10.5 Å². The number of hydrogen-bond acceptors (Lipinski definition) is 5. The molecule has 0 aliphatic heterocycles. The highest BCUT2D eigenvalue weighted by atomic mass is 16.5. The highest BCUT2D eigenvalue weighted by molar-refractivity contribution is 5.79. The third-order valence-electron chi connectivity index (χ3n) is 4.05. The number of hydrogen-bond donors (Lipinski definition) is 1. The first-order chi connectivity index (χ1) is 8.72. The standard InChI is InChI=1S/C12H17N5O/c1-3-12(5-4-6-12)17-9-8(16-11(17)13)10(18-2)15-7-14-9/h7H,3-6H2,1-2H3,(H2,13,16). The third kappa shape index (κ3) is 1.31. The average Bonchev–Trinajstić information content (AvgIpc) is 2.66. The lowest BCUT2D eigenvalue weighted by Crippen LogP contribution is -2.40. The fraction of sp³-hybridized carbons (Fsp3) is 0.583. The van der Waals surface area contributed by atoms with Crippen molar-refractivity contribution in [3.8, 4) is 5.88 Å². The Morgan fingerprint density at radius 1 is 1.44 bits per heavy atom. The zero-order valence-electron chi connectivity index (χ0n) is 10.7. The number of methoxy groups -OCH3 is 1. The molecule has 0 bridgehead atoms. The summed E-state index contributed by atoms with van der Waals surface area (Å²) in [6.45, 7) is 2.18. The van der Waals surface area contributed by atoms with E-state index in [-0.39, 0.29) is 5.54 Å². The van der Waals surface area contributed by atoms with Gasteiger partial charge in [0.2, 0.25) is 11.8 Å². The first-order valence-corrected chi connectivity index (χ1v) is 6.25. The van der Waals surface area contributed by atoms with E-state index >= 15 is 0 Å². The van der Waals surface area contributed by atoms with Crippen LogP contribution in [0, 0.1) is 0 Å². The fourth-order valence-electron chi connectivity index (χ4n) is 2.83. The van der Waals surface area contributed by atoms with E-state index in [1.807, 2.05) is 0 Å². The van der Waals surface area contributed by atoms with Gasteiger partial charge in [-0.05, 0) is 25.7 Å². The van der Waals surface area contributed by atoms with E-state index in [9.17, 15) is 0 Å². The summed E-state index contributed by atoms with van der Waals surface area (Å²) in [5.41, 5.74) is 7.59. The maximum Gasteiger partial charge on any atom is 0.245 e. The van der Waals surface area contributed by atoms with Crippen molar-refractivity contribution >= 4 is 17.1 Å². The smallest absolute Gasteiger partial charge is 0.245 e. The molecule has 2 aromatic heterocycles. The van der Waals surface area contributed by atoms with E-state index in [1.54, 1.807) is 7.11 Å². The Balaban J connectivity index is 2.26. The summed E-state index contributed by atoms with van der Waals surface area (Å²) in [6, 6.07) is 0. The summed E-state index contributed by atoms with van der Waals surface area (Å²) >= 11 is 0. The Morgan fingerprint density at radius 3 is 2.78 bits per heavy atom. The number of rotatable bonds is 3. The van der Waals surface area contributed by atoms with Gasteiger partial charge in [-0.15, -0.1) is 0 Å². The van der Waals surface area contributed by atoms with Gasteiger partial charge >= 0.3 is 0 Å². The molecular weight excluding hydrogens is 230 g/mol. The molecule has 0 saturated heterocycles. The van der Waals surface area contributed by atoms with Gasteiger partial charge in [-0.25, -0.2) is 9.97 Å². The molecular formula is C12H17N5O. The van der Waals surface area contributed by atoms with Gasteiger partial charge in [-0.1, -0.05) is 6.92 Å². The number of anilines is 1. The second-order valence-corrected chi connectivity index (χ2v) is 4.79. The number of ether oxygens (including phenoxy) is 1. The van der Waals surface area contributed by atoms with Crippen molar-refractivity contribution in [2.45, 2.75) is 38.1 Å². The van der Waals surface area contributed by atoms with Crippen LogP contribution in [0.4, 0.5) is 5.95 Å². The van der Waals surface area contributed by atoms with Crippen LogP contribution >= 0.6 is 0 Å². The van der Waals surface area contributed by atoms with E-state index in [2.05, 4.69) is 26.4 Å². The molecule has 1 saturated carbocycles. The van der Waals surface area contributed by atoms with E-state index in [4.69, 9.17) is 10.5 Å². The second kappa shape index (κ2) is 3.83. The van der Waals surface area contributed by atoms with Crippen molar-refractivity contribution < 1.29 is 4.74 Å². The molecule has 1 fully saturated rings. The fourth-order valence-corrected chi connectivity index (χ4v) is 2.83. The molecule has 3 rings (SSSR count). The molecule has 0 aromatic carbocycles. The normalized spacial score (nSPS) is 17.7. The van der Waals surface area contributed by atoms with E-state index in [1.165, 1.54) is 12.7 Å². The molecule has 0 radical (unpaired) electrons. The largest absolute Gasteiger partial charge is 0.479 e. The molecule has 2 aromatic rings. The summed E-state index contributed by atoms with van der Waals surface area (Å²) in [6.07, 6.45) is 6.03. The molecule has 0 unspecified atom stereocenters. The molecule has 0 atom stereocenters. The quantitative estimate of drug-likeness (QED) is 0.893. The summed E-state index contributed by atoms with van der Waals surface area (Å²) in [5, 5.41) is 0. The highest BCUT2D eigenvalue weighted by Crippen LogP contribution is 2.45. The number of nitrogens with zero attached hydrogens (tertiary/aromatic N) is 4. The van der Waals surface area contributed by atoms with E-state index in [0.717, 1.165) is 24.9 Å². The number of aromatic nitrogens is 4. The van der Waals surface area contributed by atoms with Gasteiger partial charge in [0.15, 0.2) is 11.2 Å². The lowest BCUT2D eigenvalue weighted by atomic mass is 9.74. The lowest BCUT2D eigenvalue weighted by molar-refractivity contribution is 0.144. The topological polar surface area (TPSA) is 78.9 Å². The molecule has 6 nitrogen and oxygen atoms in total. The summed E-state index contributed by atoms with van der Waals surface area (Å²) in [7, 11) is 1.58. The molecule has 1 aliphatic rings. The maximum atomic E-state index is 6.08. The van der Waals surface area contributed by atoms with Crippen LogP contribution in [0.5, 0.6) is 5.88 Å². The van der Waals surface area contributed by atoms with Crippen LogP contribution in [-0.2, 0) is 5.54 Å². The Bertz CT molecular complexity index is 582. The van der Waals surface area contributed by atoms with Gasteiger partial charge in [0.05, 0.1) is 7.11 Å². The Hall–Kier alpha value is -1.85. The molecule has 0 spiro atoms. The molecule has 1 aliphatic carbocycles.